The Bertz CT molecular complexity index is 642. The zero-order valence-corrected chi connectivity index (χ0v) is 13.7. The number of hydrogen-bond acceptors (Lipinski definition) is 3. The number of hydrogen-bond donors (Lipinski definition) is 1. The van der Waals surface area contributed by atoms with Crippen LogP contribution in [-0.4, -0.2) is 34.7 Å². The monoisotopic (exact) mass is 302 g/mol. The Labute approximate surface area is 130 Å². The van der Waals surface area contributed by atoms with Crippen LogP contribution in [0.2, 0.25) is 0 Å². The van der Waals surface area contributed by atoms with Gasteiger partial charge in [0.1, 0.15) is 0 Å². The van der Waals surface area contributed by atoms with Crippen molar-refractivity contribution in [2.45, 2.75) is 40.2 Å². The van der Waals surface area contributed by atoms with Crippen molar-refractivity contribution in [1.82, 2.24) is 10.2 Å². The number of nitrogens with zero attached hydrogens (tertiary/aromatic N) is 1. The summed E-state index contributed by atoms with van der Waals surface area (Å²) in [5, 5.41) is 2.85. The van der Waals surface area contributed by atoms with E-state index in [4.69, 9.17) is 0 Å². The number of rotatable bonds is 3. The van der Waals surface area contributed by atoms with Crippen molar-refractivity contribution in [3.05, 3.63) is 34.9 Å². The van der Waals surface area contributed by atoms with Crippen LogP contribution in [0, 0.1) is 5.92 Å². The number of amides is 3. The predicted octanol–water partition coefficient (Wildman–Crippen LogP) is 2.47. The minimum absolute atomic E-state index is 0.200. The van der Waals surface area contributed by atoms with Gasteiger partial charge in [0, 0.05) is 17.6 Å². The molecule has 3 amide bonds. The number of benzene rings is 1. The average Bonchev–Trinajstić information content (AvgIpc) is 2.61. The van der Waals surface area contributed by atoms with Crippen molar-refractivity contribution in [3.8, 4) is 0 Å². The third kappa shape index (κ3) is 3.18. The van der Waals surface area contributed by atoms with Gasteiger partial charge < -0.3 is 5.32 Å². The minimum atomic E-state index is -0.362. The maximum atomic E-state index is 12.4. The molecular weight excluding hydrogens is 280 g/mol. The summed E-state index contributed by atoms with van der Waals surface area (Å²) in [6.45, 7) is 9.94. The number of carbonyl (C=O) groups is 3. The molecule has 5 nitrogen and oxygen atoms in total. The molecule has 0 fully saturated rings. The number of carbonyl (C=O) groups excluding carboxylic acids is 3. The lowest BCUT2D eigenvalue weighted by atomic mass is 10.0. The van der Waals surface area contributed by atoms with Crippen molar-refractivity contribution >= 4 is 17.7 Å². The molecule has 1 N–H and O–H groups in total. The largest absolute Gasteiger partial charge is 0.347 e. The van der Waals surface area contributed by atoms with E-state index in [0.717, 1.165) is 0 Å². The Balaban J connectivity index is 2.31. The quantitative estimate of drug-likeness (QED) is 0.872. The third-order valence-corrected chi connectivity index (χ3v) is 3.27. The van der Waals surface area contributed by atoms with Gasteiger partial charge >= 0.3 is 0 Å². The second kappa shape index (κ2) is 5.55. The lowest BCUT2D eigenvalue weighted by molar-refractivity contribution is 0.0636. The Morgan fingerprint density at radius 2 is 1.73 bits per heavy atom. The highest BCUT2D eigenvalue weighted by Gasteiger charge is 2.36. The fraction of sp³-hybridized carbons (Fsp3) is 0.471. The minimum Gasteiger partial charge on any atom is -0.347 e. The van der Waals surface area contributed by atoms with Gasteiger partial charge in [-0.05, 0) is 44.9 Å². The smallest absolute Gasteiger partial charge is 0.261 e. The van der Waals surface area contributed by atoms with Gasteiger partial charge in [-0.1, -0.05) is 13.8 Å². The molecule has 0 bridgehead atoms. The molecule has 118 valence electrons. The topological polar surface area (TPSA) is 66.5 Å². The highest BCUT2D eigenvalue weighted by Crippen LogP contribution is 2.25. The standard InChI is InChI=1S/C17H22N2O3/c1-10(2)9-19-15(21)12-7-6-11(8-13(12)16(19)22)14(20)18-17(3,4)5/h6-8,10H,9H2,1-5H3,(H,18,20). The Morgan fingerprint density at radius 3 is 2.27 bits per heavy atom. The highest BCUT2D eigenvalue weighted by atomic mass is 16.2. The summed E-state index contributed by atoms with van der Waals surface area (Å²) in [6.07, 6.45) is 0. The SMILES string of the molecule is CC(C)CN1C(=O)c2ccc(C(=O)NC(C)(C)C)cc2C1=O. The number of nitrogens with one attached hydrogen (secondary N) is 1. The van der Waals surface area contributed by atoms with E-state index >= 15 is 0 Å². The fourth-order valence-corrected chi connectivity index (χ4v) is 2.38. The Kier molecular flexibility index (Phi) is 4.09. The molecule has 2 rings (SSSR count). The fourth-order valence-electron chi connectivity index (χ4n) is 2.38. The molecular formula is C17H22N2O3. The lowest BCUT2D eigenvalue weighted by Gasteiger charge is -2.20. The van der Waals surface area contributed by atoms with Gasteiger partial charge in [0.2, 0.25) is 0 Å². The number of fused-ring (bicyclic) bond motifs is 1. The van der Waals surface area contributed by atoms with Gasteiger partial charge in [-0.2, -0.15) is 0 Å². The van der Waals surface area contributed by atoms with Crippen molar-refractivity contribution in [1.29, 1.82) is 0 Å². The first-order chi connectivity index (χ1) is 10.1. The van der Waals surface area contributed by atoms with E-state index in [9.17, 15) is 14.4 Å². The van der Waals surface area contributed by atoms with Gasteiger partial charge in [-0.25, -0.2) is 0 Å². The second-order valence-corrected chi connectivity index (χ2v) is 7.08. The van der Waals surface area contributed by atoms with Crippen molar-refractivity contribution in [2.75, 3.05) is 6.54 Å². The highest BCUT2D eigenvalue weighted by molar-refractivity contribution is 6.22. The van der Waals surface area contributed by atoms with Crippen molar-refractivity contribution < 1.29 is 14.4 Å². The van der Waals surface area contributed by atoms with Crippen LogP contribution >= 0.6 is 0 Å². The second-order valence-electron chi connectivity index (χ2n) is 7.08. The molecule has 1 heterocycles. The molecule has 0 unspecified atom stereocenters. The van der Waals surface area contributed by atoms with Crippen LogP contribution in [-0.2, 0) is 0 Å². The molecule has 0 aliphatic carbocycles. The number of imide groups is 1. The molecule has 0 aromatic heterocycles. The molecule has 1 aliphatic heterocycles. The molecule has 1 aromatic rings. The van der Waals surface area contributed by atoms with Crippen LogP contribution < -0.4 is 5.32 Å². The molecule has 0 radical (unpaired) electrons. The van der Waals surface area contributed by atoms with E-state index in [1.165, 1.54) is 11.0 Å². The molecule has 5 heteroatoms. The van der Waals surface area contributed by atoms with Gasteiger partial charge in [-0.3, -0.25) is 19.3 Å². The molecule has 0 saturated heterocycles. The van der Waals surface area contributed by atoms with E-state index in [1.54, 1.807) is 12.1 Å². The van der Waals surface area contributed by atoms with Crippen LogP contribution in [0.3, 0.4) is 0 Å². The van der Waals surface area contributed by atoms with Gasteiger partial charge in [0.25, 0.3) is 17.7 Å². The third-order valence-electron chi connectivity index (χ3n) is 3.27. The predicted molar refractivity (Wildman–Crippen MR) is 83.9 cm³/mol. The van der Waals surface area contributed by atoms with E-state index in [2.05, 4.69) is 5.32 Å². The van der Waals surface area contributed by atoms with Gasteiger partial charge in [0.15, 0.2) is 0 Å². The maximum Gasteiger partial charge on any atom is 0.261 e. The van der Waals surface area contributed by atoms with Crippen molar-refractivity contribution in [3.63, 3.8) is 0 Å². The van der Waals surface area contributed by atoms with Gasteiger partial charge in [-0.15, -0.1) is 0 Å². The molecule has 0 spiro atoms. The summed E-state index contributed by atoms with van der Waals surface area (Å²) >= 11 is 0. The van der Waals surface area contributed by atoms with Crippen molar-refractivity contribution in [2.24, 2.45) is 5.92 Å². The summed E-state index contributed by atoms with van der Waals surface area (Å²) in [7, 11) is 0. The van der Waals surface area contributed by atoms with Crippen LogP contribution in [0.15, 0.2) is 18.2 Å². The van der Waals surface area contributed by atoms with Crippen LogP contribution in [0.25, 0.3) is 0 Å². The summed E-state index contributed by atoms with van der Waals surface area (Å²) in [5.74, 6) is -0.653. The molecule has 22 heavy (non-hydrogen) atoms. The van der Waals surface area contributed by atoms with E-state index < -0.39 is 0 Å². The van der Waals surface area contributed by atoms with E-state index in [-0.39, 0.29) is 29.2 Å². The lowest BCUT2D eigenvalue weighted by Crippen LogP contribution is -2.40. The average molecular weight is 302 g/mol. The Hall–Kier alpha value is -2.17. The maximum absolute atomic E-state index is 12.4. The zero-order chi connectivity index (χ0) is 16.7. The molecule has 1 aliphatic rings. The first-order valence-electron chi connectivity index (χ1n) is 7.43. The van der Waals surface area contributed by atoms with E-state index in [1.807, 2.05) is 34.6 Å². The molecule has 0 saturated carbocycles. The molecule has 0 atom stereocenters. The van der Waals surface area contributed by atoms with Crippen LogP contribution in [0.1, 0.15) is 65.7 Å². The zero-order valence-electron chi connectivity index (χ0n) is 13.7. The van der Waals surface area contributed by atoms with E-state index in [0.29, 0.717) is 23.2 Å². The first kappa shape index (κ1) is 16.2. The normalized spacial score (nSPS) is 14.5. The summed E-state index contributed by atoms with van der Waals surface area (Å²) in [5.41, 5.74) is 0.714. The summed E-state index contributed by atoms with van der Waals surface area (Å²) in [6, 6.07) is 4.66. The van der Waals surface area contributed by atoms with Crippen LogP contribution in [0.4, 0.5) is 0 Å². The first-order valence-corrected chi connectivity index (χ1v) is 7.43. The Morgan fingerprint density at radius 1 is 1.14 bits per heavy atom. The summed E-state index contributed by atoms with van der Waals surface area (Å²) in [4.78, 5) is 38.1. The summed E-state index contributed by atoms with van der Waals surface area (Å²) < 4.78 is 0. The van der Waals surface area contributed by atoms with Crippen LogP contribution in [0.5, 0.6) is 0 Å². The van der Waals surface area contributed by atoms with Gasteiger partial charge in [0.05, 0.1) is 11.1 Å². The molecule has 1 aromatic carbocycles.